The highest BCUT2D eigenvalue weighted by atomic mass is 79.9. The minimum Gasteiger partial charge on any atom is -0.483 e. The fourth-order valence-electron chi connectivity index (χ4n) is 2.38. The summed E-state index contributed by atoms with van der Waals surface area (Å²) < 4.78 is 15.9. The molecule has 0 saturated heterocycles. The van der Waals surface area contributed by atoms with Gasteiger partial charge in [0.1, 0.15) is 17.3 Å². The molecular weight excluding hydrogens is 498 g/mol. The van der Waals surface area contributed by atoms with E-state index in [0.29, 0.717) is 21.5 Å². The Morgan fingerprint density at radius 2 is 1.97 bits per heavy atom. The molecular formula is C22H16BrN3O7. The number of hydrazone groups is 1. The molecule has 10 nitrogen and oxygen atoms in total. The van der Waals surface area contributed by atoms with E-state index in [-0.39, 0.29) is 18.0 Å². The zero-order chi connectivity index (χ0) is 23.6. The maximum absolute atomic E-state index is 11.9. The van der Waals surface area contributed by atoms with E-state index < -0.39 is 16.8 Å². The van der Waals surface area contributed by atoms with Crippen molar-refractivity contribution in [2.75, 3.05) is 6.61 Å². The highest BCUT2D eigenvalue weighted by Crippen LogP contribution is 2.28. The van der Waals surface area contributed by atoms with Crippen molar-refractivity contribution in [3.63, 3.8) is 0 Å². The molecule has 0 radical (unpaired) electrons. The van der Waals surface area contributed by atoms with E-state index in [1.54, 1.807) is 36.4 Å². The van der Waals surface area contributed by atoms with Crippen LogP contribution in [0.5, 0.6) is 11.5 Å². The molecule has 3 rings (SSSR count). The zero-order valence-corrected chi connectivity index (χ0v) is 18.4. The van der Waals surface area contributed by atoms with E-state index in [2.05, 4.69) is 26.5 Å². The number of benzene rings is 2. The summed E-state index contributed by atoms with van der Waals surface area (Å²) in [5, 5.41) is 14.6. The molecule has 168 valence electrons. The van der Waals surface area contributed by atoms with Gasteiger partial charge in [0, 0.05) is 18.2 Å². The van der Waals surface area contributed by atoms with Crippen molar-refractivity contribution in [2.24, 2.45) is 5.10 Å². The number of nitro benzene ring substituents is 1. The Balaban J connectivity index is 1.43. The number of nitrogens with one attached hydrogen (secondary N) is 1. The number of esters is 1. The minimum absolute atomic E-state index is 0.102. The van der Waals surface area contributed by atoms with E-state index in [1.807, 2.05) is 0 Å². The summed E-state index contributed by atoms with van der Waals surface area (Å²) in [6.07, 6.45) is 5.65. The number of halogens is 1. The summed E-state index contributed by atoms with van der Waals surface area (Å²) in [6.45, 7) is -0.339. The average Bonchev–Trinajstić information content (AvgIpc) is 3.32. The molecule has 0 atom stereocenters. The quantitative estimate of drug-likeness (QED) is 0.114. The first-order valence-corrected chi connectivity index (χ1v) is 10.1. The maximum atomic E-state index is 11.9. The summed E-state index contributed by atoms with van der Waals surface area (Å²) >= 11 is 3.16. The first-order chi connectivity index (χ1) is 15.9. The third-order valence-electron chi connectivity index (χ3n) is 3.91. The van der Waals surface area contributed by atoms with Crippen LogP contribution in [0.15, 0.2) is 80.9 Å². The molecule has 11 heteroatoms. The lowest BCUT2D eigenvalue weighted by atomic mass is 10.2. The van der Waals surface area contributed by atoms with Crippen molar-refractivity contribution in [3.8, 4) is 11.5 Å². The number of amides is 1. The largest absolute Gasteiger partial charge is 0.483 e. The van der Waals surface area contributed by atoms with Crippen LogP contribution in [-0.2, 0) is 9.59 Å². The number of ether oxygens (including phenoxy) is 2. The third-order valence-corrected chi connectivity index (χ3v) is 4.53. The van der Waals surface area contributed by atoms with E-state index >= 15 is 0 Å². The van der Waals surface area contributed by atoms with Crippen molar-refractivity contribution in [1.82, 2.24) is 5.43 Å². The molecule has 1 aromatic heterocycles. The first kappa shape index (κ1) is 23.4. The summed E-state index contributed by atoms with van der Waals surface area (Å²) in [4.78, 5) is 33.9. The van der Waals surface area contributed by atoms with Crippen LogP contribution in [0.25, 0.3) is 6.08 Å². The Bertz CT molecular complexity index is 1190. The average molecular weight is 514 g/mol. The summed E-state index contributed by atoms with van der Waals surface area (Å²) in [5.41, 5.74) is 2.86. The summed E-state index contributed by atoms with van der Waals surface area (Å²) in [6, 6.07) is 13.8. The number of hydrogen-bond acceptors (Lipinski definition) is 8. The number of non-ortho nitro benzene ring substituents is 1. The smallest absolute Gasteiger partial charge is 0.336 e. The molecule has 0 bridgehead atoms. The minimum atomic E-state index is -0.556. The number of nitrogens with zero attached hydrogens (tertiary/aromatic N) is 2. The van der Waals surface area contributed by atoms with Gasteiger partial charge >= 0.3 is 5.97 Å². The fraction of sp³-hybridized carbons (Fsp3) is 0.0455. The molecule has 1 amide bonds. The van der Waals surface area contributed by atoms with Crippen LogP contribution in [0.1, 0.15) is 11.3 Å². The van der Waals surface area contributed by atoms with Crippen molar-refractivity contribution < 1.29 is 28.4 Å². The van der Waals surface area contributed by atoms with Gasteiger partial charge in [-0.2, -0.15) is 5.10 Å². The molecule has 0 aliphatic heterocycles. The summed E-state index contributed by atoms with van der Waals surface area (Å²) in [7, 11) is 0. The second-order valence-corrected chi connectivity index (χ2v) is 7.15. The molecule has 2 aromatic carbocycles. The normalized spacial score (nSPS) is 10.9. The number of rotatable bonds is 9. The van der Waals surface area contributed by atoms with Crippen molar-refractivity contribution in [2.45, 2.75) is 0 Å². The van der Waals surface area contributed by atoms with Crippen LogP contribution in [0, 0.1) is 10.1 Å². The number of hydrogen-bond donors (Lipinski definition) is 1. The predicted molar refractivity (Wildman–Crippen MR) is 122 cm³/mol. The summed E-state index contributed by atoms with van der Waals surface area (Å²) in [5.74, 6) is 0.0766. The number of carbonyl (C=O) groups is 2. The second-order valence-electron chi connectivity index (χ2n) is 6.29. The lowest BCUT2D eigenvalue weighted by Gasteiger charge is -2.06. The highest BCUT2D eigenvalue weighted by Gasteiger charge is 2.11. The van der Waals surface area contributed by atoms with Crippen molar-refractivity contribution in [3.05, 3.63) is 92.8 Å². The predicted octanol–water partition coefficient (Wildman–Crippen LogP) is 4.10. The molecule has 3 aromatic rings. The number of carbonyl (C=O) groups excluding carboxylic acids is 2. The number of nitro groups is 1. The molecule has 0 unspecified atom stereocenters. The Hall–Kier alpha value is -4.25. The van der Waals surface area contributed by atoms with Gasteiger partial charge in [0.15, 0.2) is 6.61 Å². The molecule has 0 saturated carbocycles. The van der Waals surface area contributed by atoms with Gasteiger partial charge in [-0.25, -0.2) is 10.2 Å². The zero-order valence-electron chi connectivity index (χ0n) is 16.8. The van der Waals surface area contributed by atoms with Gasteiger partial charge in [-0.3, -0.25) is 14.9 Å². The van der Waals surface area contributed by atoms with Crippen LogP contribution >= 0.6 is 15.9 Å². The highest BCUT2D eigenvalue weighted by molar-refractivity contribution is 9.10. The Morgan fingerprint density at radius 3 is 2.64 bits per heavy atom. The van der Waals surface area contributed by atoms with E-state index in [9.17, 15) is 19.7 Å². The first-order valence-electron chi connectivity index (χ1n) is 9.33. The number of furan rings is 1. The molecule has 33 heavy (non-hydrogen) atoms. The van der Waals surface area contributed by atoms with Crippen LogP contribution in [0.3, 0.4) is 0 Å². The fourth-order valence-corrected chi connectivity index (χ4v) is 2.86. The molecule has 0 aliphatic rings. The molecule has 0 fully saturated rings. The van der Waals surface area contributed by atoms with E-state index in [4.69, 9.17) is 13.9 Å². The van der Waals surface area contributed by atoms with Gasteiger partial charge in [-0.05, 0) is 70.0 Å². The van der Waals surface area contributed by atoms with Gasteiger partial charge < -0.3 is 13.9 Å². The standard InChI is InChI=1S/C22H16BrN3O7/c23-19-12-16(26(29)30)5-9-20(19)32-14-21(27)25-24-13-15-3-6-18(7-4-15)33-22(28)10-8-17-2-1-11-31-17/h1-13H,14H2,(H,25,27)/b10-8+,24-13-. The molecule has 1 N–H and O–H groups in total. The lowest BCUT2D eigenvalue weighted by Crippen LogP contribution is -2.24. The van der Waals surface area contributed by atoms with Gasteiger partial charge in [0.05, 0.1) is 21.9 Å². The molecule has 0 aliphatic carbocycles. The van der Waals surface area contributed by atoms with Crippen molar-refractivity contribution in [1.29, 1.82) is 0 Å². The van der Waals surface area contributed by atoms with Crippen molar-refractivity contribution >= 4 is 45.8 Å². The van der Waals surface area contributed by atoms with E-state index in [1.165, 1.54) is 42.8 Å². The monoisotopic (exact) mass is 513 g/mol. The van der Waals surface area contributed by atoms with Crippen LogP contribution in [-0.4, -0.2) is 29.6 Å². The van der Waals surface area contributed by atoms with E-state index in [0.717, 1.165) is 0 Å². The second kappa shape index (κ2) is 11.4. The SMILES string of the molecule is O=C(COc1ccc([N+](=O)[O-])cc1Br)N/N=C\c1ccc(OC(=O)/C=C/c2ccco2)cc1. The maximum Gasteiger partial charge on any atom is 0.336 e. The topological polar surface area (TPSA) is 133 Å². The van der Waals surface area contributed by atoms with Crippen LogP contribution in [0.4, 0.5) is 5.69 Å². The van der Waals surface area contributed by atoms with Gasteiger partial charge in [-0.1, -0.05) is 0 Å². The van der Waals surface area contributed by atoms with Gasteiger partial charge in [0.2, 0.25) is 0 Å². The molecule has 1 heterocycles. The molecule has 0 spiro atoms. The lowest BCUT2D eigenvalue weighted by molar-refractivity contribution is -0.385. The Morgan fingerprint density at radius 1 is 1.18 bits per heavy atom. The van der Waals surface area contributed by atoms with Crippen LogP contribution in [0.2, 0.25) is 0 Å². The van der Waals surface area contributed by atoms with Gasteiger partial charge in [0.25, 0.3) is 11.6 Å². The van der Waals surface area contributed by atoms with Gasteiger partial charge in [-0.15, -0.1) is 0 Å². The third kappa shape index (κ3) is 7.43. The Kier molecular flexibility index (Phi) is 8.08. The Labute approximate surface area is 195 Å². The van der Waals surface area contributed by atoms with Crippen LogP contribution < -0.4 is 14.9 Å².